The van der Waals surface area contributed by atoms with Gasteiger partial charge in [0.05, 0.1) is 47.2 Å². The Labute approximate surface area is 270 Å². The van der Waals surface area contributed by atoms with E-state index < -0.39 is 0 Å². The number of rotatable bonds is 10. The van der Waals surface area contributed by atoms with Gasteiger partial charge in [0.15, 0.2) is 10.7 Å². The highest BCUT2D eigenvalue weighted by molar-refractivity contribution is 7.99. The second kappa shape index (κ2) is 12.5. The molecule has 10 heteroatoms. The molecule has 3 aromatic carbocycles. The van der Waals surface area contributed by atoms with Crippen molar-refractivity contribution >= 4 is 50.0 Å². The fourth-order valence-corrected chi connectivity index (χ4v) is 7.05. The number of carbonyl (C=O) groups is 2. The maximum absolute atomic E-state index is 13.3. The summed E-state index contributed by atoms with van der Waals surface area (Å²) in [5.74, 6) is 0.522. The monoisotopic (exact) mass is 638 g/mol. The molecule has 45 heavy (non-hydrogen) atoms. The highest BCUT2D eigenvalue weighted by atomic mass is 32.2. The predicted molar refractivity (Wildman–Crippen MR) is 178 cm³/mol. The number of hydrogen-bond donors (Lipinski definition) is 0. The molecular weight excluding hydrogens is 605 g/mol. The average Bonchev–Trinajstić information content (AvgIpc) is 3.72. The minimum atomic E-state index is -0.376. The summed E-state index contributed by atoms with van der Waals surface area (Å²) in [7, 11) is 1.64. The third-order valence-electron chi connectivity index (χ3n) is 7.39. The Kier molecular flexibility index (Phi) is 8.52. The topological polar surface area (TPSA) is 87.7 Å². The number of ether oxygens (including phenoxy) is 2. The molecule has 0 aliphatic carbocycles. The van der Waals surface area contributed by atoms with E-state index in [0.717, 1.165) is 53.4 Å². The Morgan fingerprint density at radius 1 is 0.933 bits per heavy atom. The summed E-state index contributed by atoms with van der Waals surface area (Å²) >= 11 is 3.19. The smallest absolute Gasteiger partial charge is 0.357 e. The molecule has 8 nitrogen and oxygen atoms in total. The van der Waals surface area contributed by atoms with E-state index in [1.54, 1.807) is 32.0 Å². The summed E-state index contributed by atoms with van der Waals surface area (Å²) in [6, 6.07) is 24.1. The number of esters is 1. The second-order valence-electron chi connectivity index (χ2n) is 11.7. The summed E-state index contributed by atoms with van der Waals surface area (Å²) in [5, 5.41) is 4.86. The van der Waals surface area contributed by atoms with E-state index in [-0.39, 0.29) is 23.6 Å². The van der Waals surface area contributed by atoms with Crippen molar-refractivity contribution in [1.29, 1.82) is 0 Å². The van der Waals surface area contributed by atoms with Crippen LogP contribution in [0, 0.1) is 0 Å². The molecule has 0 bridgehead atoms. The fraction of sp³-hybridized carbons (Fsp3) is 0.257. The van der Waals surface area contributed by atoms with E-state index >= 15 is 0 Å². The molecule has 0 saturated carbocycles. The molecule has 0 saturated heterocycles. The van der Waals surface area contributed by atoms with Crippen LogP contribution in [0.1, 0.15) is 55.1 Å². The lowest BCUT2D eigenvalue weighted by Crippen LogP contribution is -2.13. The number of thiazole rings is 1. The highest BCUT2D eigenvalue weighted by Crippen LogP contribution is 2.34. The van der Waals surface area contributed by atoms with Crippen LogP contribution < -0.4 is 4.74 Å². The van der Waals surface area contributed by atoms with E-state index in [1.165, 1.54) is 11.3 Å². The molecule has 0 aliphatic heterocycles. The molecule has 230 valence electrons. The number of carbonyl (C=O) groups excluding carboxylic acids is 2. The maximum atomic E-state index is 13.3. The number of nitrogens with zero attached hydrogens (tertiary/aromatic N) is 4. The number of methoxy groups -OCH3 is 1. The quantitative estimate of drug-likeness (QED) is 0.142. The Hall–Kier alpha value is -4.41. The molecular formula is C35H34N4O4S2. The predicted octanol–water partition coefficient (Wildman–Crippen LogP) is 7.72. The Morgan fingerprint density at radius 2 is 1.67 bits per heavy atom. The minimum absolute atomic E-state index is 0.126. The molecule has 0 spiro atoms. The van der Waals surface area contributed by atoms with Gasteiger partial charge in [-0.2, -0.15) is 5.10 Å². The van der Waals surface area contributed by atoms with E-state index in [4.69, 9.17) is 14.6 Å². The van der Waals surface area contributed by atoms with Crippen molar-refractivity contribution in [3.05, 3.63) is 102 Å². The van der Waals surface area contributed by atoms with Crippen LogP contribution in [0.4, 0.5) is 0 Å². The Bertz CT molecular complexity index is 2000. The first kappa shape index (κ1) is 30.6. The fourth-order valence-electron chi connectivity index (χ4n) is 5.07. The van der Waals surface area contributed by atoms with Crippen LogP contribution in [0.3, 0.4) is 0 Å². The van der Waals surface area contributed by atoms with Crippen molar-refractivity contribution in [3.63, 3.8) is 0 Å². The average molecular weight is 639 g/mol. The van der Waals surface area contributed by atoms with Gasteiger partial charge in [0.1, 0.15) is 11.5 Å². The van der Waals surface area contributed by atoms with Gasteiger partial charge in [0.2, 0.25) is 0 Å². The second-order valence-corrected chi connectivity index (χ2v) is 13.9. The molecule has 6 rings (SSSR count). The Morgan fingerprint density at radius 3 is 2.36 bits per heavy atom. The molecule has 0 radical (unpaired) electrons. The van der Waals surface area contributed by atoms with Gasteiger partial charge in [-0.15, -0.1) is 0 Å². The van der Waals surface area contributed by atoms with Gasteiger partial charge in [0, 0.05) is 28.0 Å². The van der Waals surface area contributed by atoms with Crippen molar-refractivity contribution in [2.75, 3.05) is 13.7 Å². The number of fused-ring (bicyclic) bond motifs is 3. The number of ketones is 1. The van der Waals surface area contributed by atoms with Crippen molar-refractivity contribution in [3.8, 4) is 11.4 Å². The standard InChI is InChI=1S/C35H34N4O4S2/c1-6-43-33(41)30-21-36-34-38(30)29-16-15-28(20-31(29)45-34)44-27-13-7-22(8-14-27)17-25(40)18-24-19-32(35(2,3)4)37-39(24)23-9-11-26(42-5)12-10-23/h7-16,19-21H,6,17-18H2,1-5H3. The maximum Gasteiger partial charge on any atom is 0.357 e. The van der Waals surface area contributed by atoms with Crippen LogP contribution in [0.2, 0.25) is 0 Å². The molecule has 0 N–H and O–H groups in total. The number of hydrogen-bond acceptors (Lipinski definition) is 8. The van der Waals surface area contributed by atoms with E-state index in [1.807, 2.05) is 63.7 Å². The molecule has 0 fully saturated rings. The number of Topliss-reactive ketones (excluding diaryl/α,β-unsaturated/α-hetero) is 1. The lowest BCUT2D eigenvalue weighted by Gasteiger charge is -2.14. The van der Waals surface area contributed by atoms with E-state index in [9.17, 15) is 9.59 Å². The van der Waals surface area contributed by atoms with Crippen molar-refractivity contribution < 1.29 is 19.1 Å². The summed E-state index contributed by atoms with van der Waals surface area (Å²) in [4.78, 5) is 33.0. The minimum Gasteiger partial charge on any atom is -0.497 e. The zero-order valence-electron chi connectivity index (χ0n) is 25.9. The van der Waals surface area contributed by atoms with Gasteiger partial charge < -0.3 is 9.47 Å². The number of aromatic nitrogens is 4. The van der Waals surface area contributed by atoms with Crippen molar-refractivity contribution in [1.82, 2.24) is 19.2 Å². The van der Waals surface area contributed by atoms with Gasteiger partial charge in [-0.05, 0) is 73.2 Å². The first-order chi connectivity index (χ1) is 21.6. The van der Waals surface area contributed by atoms with Crippen LogP contribution in [-0.4, -0.2) is 44.6 Å². The third-order valence-corrected chi connectivity index (χ3v) is 9.41. The summed E-state index contributed by atoms with van der Waals surface area (Å²) < 4.78 is 15.3. The van der Waals surface area contributed by atoms with Gasteiger partial charge in [-0.25, -0.2) is 14.5 Å². The normalized spacial score (nSPS) is 11.8. The molecule has 6 aromatic rings. The van der Waals surface area contributed by atoms with E-state index in [0.29, 0.717) is 18.7 Å². The first-order valence-corrected chi connectivity index (χ1v) is 16.4. The highest BCUT2D eigenvalue weighted by Gasteiger charge is 2.22. The van der Waals surface area contributed by atoms with Crippen molar-refractivity contribution in [2.24, 2.45) is 0 Å². The molecule has 3 aromatic heterocycles. The van der Waals surface area contributed by atoms with Crippen LogP contribution in [0.25, 0.3) is 20.9 Å². The van der Waals surface area contributed by atoms with Crippen LogP contribution in [0.5, 0.6) is 5.75 Å². The summed E-state index contributed by atoms with van der Waals surface area (Å²) in [6.45, 7) is 8.47. The molecule has 0 atom stereocenters. The largest absolute Gasteiger partial charge is 0.497 e. The van der Waals surface area contributed by atoms with E-state index in [2.05, 4.69) is 44.0 Å². The lowest BCUT2D eigenvalue weighted by atomic mass is 9.92. The van der Waals surface area contributed by atoms with Crippen LogP contribution in [-0.2, 0) is 27.8 Å². The Balaban J connectivity index is 1.14. The van der Waals surface area contributed by atoms with Crippen molar-refractivity contribution in [2.45, 2.75) is 55.7 Å². The summed E-state index contributed by atoms with van der Waals surface area (Å²) in [6.07, 6.45) is 2.19. The van der Waals surface area contributed by atoms with Gasteiger partial charge >= 0.3 is 5.97 Å². The molecule has 0 amide bonds. The van der Waals surface area contributed by atoms with Gasteiger partial charge in [0.25, 0.3) is 0 Å². The number of imidazole rings is 1. The van der Waals surface area contributed by atoms with Gasteiger partial charge in [-0.1, -0.05) is 56.0 Å². The summed E-state index contributed by atoms with van der Waals surface area (Å²) in [5.41, 5.74) is 4.89. The molecule has 3 heterocycles. The van der Waals surface area contributed by atoms with Crippen LogP contribution in [0.15, 0.2) is 88.8 Å². The lowest BCUT2D eigenvalue weighted by molar-refractivity contribution is -0.117. The zero-order chi connectivity index (χ0) is 31.7. The molecule has 0 unspecified atom stereocenters. The SMILES string of the molecule is CCOC(=O)c1cnc2sc3cc(Sc4ccc(CC(=O)Cc5cc(C(C)(C)C)nn5-c5ccc(OC)cc5)cc4)ccc3n12. The molecule has 0 aliphatic rings. The first-order valence-electron chi connectivity index (χ1n) is 14.7. The van der Waals surface area contributed by atoms with Gasteiger partial charge in [-0.3, -0.25) is 9.20 Å². The number of benzene rings is 3. The van der Waals surface area contributed by atoms with Crippen LogP contribution >= 0.6 is 23.1 Å². The zero-order valence-corrected chi connectivity index (χ0v) is 27.5. The third kappa shape index (κ3) is 6.53.